The van der Waals surface area contributed by atoms with Gasteiger partial charge in [-0.05, 0) is 6.08 Å². The van der Waals surface area contributed by atoms with Gasteiger partial charge in [-0.15, -0.1) is 0 Å². The number of hydrogen-bond acceptors (Lipinski definition) is 2. The largest absolute Gasteiger partial charge is 0.367 e. The standard InChI is InChI=1S/C7H7N3O2/c1-8-6(11)3-2-5-4-9-7(12)10-5/h2-4H,1H3,(H,8,11). The summed E-state index contributed by atoms with van der Waals surface area (Å²) in [6, 6.07) is -0.536. The van der Waals surface area contributed by atoms with Gasteiger partial charge in [-0.1, -0.05) is 0 Å². The Kier molecular flexibility index (Phi) is 2.47. The van der Waals surface area contributed by atoms with Gasteiger partial charge in [0.2, 0.25) is 5.91 Å². The van der Waals surface area contributed by atoms with Crippen LogP contribution in [0.3, 0.4) is 0 Å². The molecule has 62 valence electrons. The molecule has 0 aromatic rings. The summed E-state index contributed by atoms with van der Waals surface area (Å²) in [5.41, 5.74) is 0.392. The monoisotopic (exact) mass is 165 g/mol. The van der Waals surface area contributed by atoms with E-state index in [-0.39, 0.29) is 5.91 Å². The Morgan fingerprint density at radius 3 is 2.92 bits per heavy atom. The van der Waals surface area contributed by atoms with Crippen LogP contribution in [-0.2, 0) is 4.79 Å². The van der Waals surface area contributed by atoms with Crippen LogP contribution in [0.15, 0.2) is 22.1 Å². The Bertz CT molecular complexity index is 302. The predicted octanol–water partition coefficient (Wildman–Crippen LogP) is -0.0660. The van der Waals surface area contributed by atoms with Crippen molar-refractivity contribution in [3.8, 4) is 0 Å². The number of carbonyl (C=O) groups is 2. The number of carbonyl (C=O) groups excluding carboxylic acids is 2. The number of amides is 3. The molecule has 0 bridgehead atoms. The molecule has 1 heterocycles. The number of hydrogen-bond donors (Lipinski definition) is 1. The summed E-state index contributed by atoms with van der Waals surface area (Å²) in [7, 11) is 1.52. The van der Waals surface area contributed by atoms with Crippen LogP contribution in [0, 0.1) is 0 Å². The van der Waals surface area contributed by atoms with Gasteiger partial charge in [-0.25, -0.2) is 4.79 Å². The second-order valence-corrected chi connectivity index (χ2v) is 2.03. The van der Waals surface area contributed by atoms with Crippen molar-refractivity contribution in [3.05, 3.63) is 12.2 Å². The average Bonchev–Trinajstić information content (AvgIpc) is 2.47. The number of allylic oxidation sites excluding steroid dienone is 1. The van der Waals surface area contributed by atoms with E-state index in [0.29, 0.717) is 5.71 Å². The highest BCUT2D eigenvalue weighted by Gasteiger charge is 2.04. The lowest BCUT2D eigenvalue weighted by molar-refractivity contribution is -0.116. The Hall–Kier alpha value is -1.78. The van der Waals surface area contributed by atoms with E-state index < -0.39 is 6.03 Å². The van der Waals surface area contributed by atoms with Crippen molar-refractivity contribution in [3.63, 3.8) is 0 Å². The van der Waals surface area contributed by atoms with Crippen LogP contribution < -0.4 is 5.32 Å². The molecule has 0 saturated carbocycles. The smallest absolute Gasteiger partial charge is 0.356 e. The molecule has 0 unspecified atom stereocenters. The number of likely N-dealkylation sites (N-methyl/N-ethyl adjacent to an activating group) is 1. The minimum absolute atomic E-state index is 0.245. The molecule has 0 saturated heterocycles. The maximum absolute atomic E-state index is 10.7. The Morgan fingerprint density at radius 1 is 1.67 bits per heavy atom. The van der Waals surface area contributed by atoms with Gasteiger partial charge in [-0.2, -0.15) is 9.98 Å². The molecule has 0 spiro atoms. The molecular formula is C7H7N3O2. The third-order valence-electron chi connectivity index (χ3n) is 1.18. The van der Waals surface area contributed by atoms with Crippen molar-refractivity contribution in [1.29, 1.82) is 0 Å². The van der Waals surface area contributed by atoms with Gasteiger partial charge in [0.15, 0.2) is 0 Å². The van der Waals surface area contributed by atoms with Gasteiger partial charge < -0.3 is 5.32 Å². The van der Waals surface area contributed by atoms with Crippen LogP contribution in [0.2, 0.25) is 0 Å². The van der Waals surface area contributed by atoms with Crippen molar-refractivity contribution in [2.45, 2.75) is 0 Å². The van der Waals surface area contributed by atoms with Gasteiger partial charge in [0.1, 0.15) is 0 Å². The molecule has 1 aliphatic rings. The Labute approximate surface area is 68.9 Å². The van der Waals surface area contributed by atoms with E-state index in [0.717, 1.165) is 0 Å². The topological polar surface area (TPSA) is 70.9 Å². The maximum atomic E-state index is 10.7. The molecule has 1 N–H and O–H groups in total. The van der Waals surface area contributed by atoms with Gasteiger partial charge >= 0.3 is 6.03 Å². The summed E-state index contributed by atoms with van der Waals surface area (Å²) in [5.74, 6) is -0.245. The molecule has 3 amide bonds. The van der Waals surface area contributed by atoms with Crippen LogP contribution in [0.25, 0.3) is 0 Å². The van der Waals surface area contributed by atoms with E-state index in [2.05, 4.69) is 15.3 Å². The molecule has 0 aromatic carbocycles. The van der Waals surface area contributed by atoms with Crippen molar-refractivity contribution in [2.75, 3.05) is 7.05 Å². The molecule has 1 aliphatic heterocycles. The summed E-state index contributed by atoms with van der Waals surface area (Å²) in [5, 5.41) is 2.39. The first-order valence-electron chi connectivity index (χ1n) is 3.29. The number of rotatable bonds is 2. The fraction of sp³-hybridized carbons (Fsp3) is 0.143. The van der Waals surface area contributed by atoms with E-state index in [1.54, 1.807) is 0 Å². The highest BCUT2D eigenvalue weighted by molar-refractivity contribution is 6.42. The molecule has 0 aliphatic carbocycles. The van der Waals surface area contributed by atoms with E-state index in [9.17, 15) is 9.59 Å². The molecule has 12 heavy (non-hydrogen) atoms. The zero-order valence-electron chi connectivity index (χ0n) is 6.44. The fourth-order valence-corrected chi connectivity index (χ4v) is 0.614. The number of nitrogens with zero attached hydrogens (tertiary/aromatic N) is 2. The molecule has 0 radical (unpaired) electrons. The van der Waals surface area contributed by atoms with Crippen molar-refractivity contribution >= 4 is 23.9 Å². The van der Waals surface area contributed by atoms with Crippen molar-refractivity contribution in [1.82, 2.24) is 5.32 Å². The zero-order chi connectivity index (χ0) is 8.97. The van der Waals surface area contributed by atoms with E-state index in [4.69, 9.17) is 0 Å². The normalized spacial score (nSPS) is 15.4. The molecule has 5 heteroatoms. The van der Waals surface area contributed by atoms with E-state index in [1.807, 2.05) is 0 Å². The maximum Gasteiger partial charge on any atom is 0.367 e. The third-order valence-corrected chi connectivity index (χ3v) is 1.18. The Morgan fingerprint density at radius 2 is 2.42 bits per heavy atom. The minimum Gasteiger partial charge on any atom is -0.356 e. The van der Waals surface area contributed by atoms with Crippen LogP contribution in [0.1, 0.15) is 0 Å². The molecular weight excluding hydrogens is 158 g/mol. The van der Waals surface area contributed by atoms with E-state index in [1.165, 1.54) is 25.4 Å². The lowest BCUT2D eigenvalue weighted by Crippen LogP contribution is -2.14. The highest BCUT2D eigenvalue weighted by atomic mass is 16.2. The van der Waals surface area contributed by atoms with Crippen molar-refractivity contribution in [2.24, 2.45) is 9.98 Å². The quantitative estimate of drug-likeness (QED) is 0.582. The van der Waals surface area contributed by atoms with Crippen LogP contribution in [0.5, 0.6) is 0 Å². The number of urea groups is 1. The number of aliphatic imine (C=N–C) groups is 2. The summed E-state index contributed by atoms with van der Waals surface area (Å²) in [6.07, 6.45) is 4.01. The summed E-state index contributed by atoms with van der Waals surface area (Å²) < 4.78 is 0. The number of nitrogens with one attached hydrogen (secondary N) is 1. The summed E-state index contributed by atoms with van der Waals surface area (Å²) >= 11 is 0. The lowest BCUT2D eigenvalue weighted by atomic mass is 10.3. The minimum atomic E-state index is -0.536. The SMILES string of the molecule is CNC(=O)C=CC1=NC(=O)N=C1. The second kappa shape index (κ2) is 3.56. The van der Waals surface area contributed by atoms with Crippen LogP contribution in [-0.4, -0.2) is 30.9 Å². The second-order valence-electron chi connectivity index (χ2n) is 2.03. The molecule has 0 aromatic heterocycles. The fourth-order valence-electron chi connectivity index (χ4n) is 0.614. The lowest BCUT2D eigenvalue weighted by Gasteiger charge is -1.87. The van der Waals surface area contributed by atoms with Crippen LogP contribution >= 0.6 is 0 Å². The van der Waals surface area contributed by atoms with Gasteiger partial charge in [0.25, 0.3) is 0 Å². The predicted molar refractivity (Wildman–Crippen MR) is 44.5 cm³/mol. The molecule has 5 nitrogen and oxygen atoms in total. The summed E-state index contributed by atoms with van der Waals surface area (Å²) in [6.45, 7) is 0. The van der Waals surface area contributed by atoms with Gasteiger partial charge in [0, 0.05) is 13.1 Å². The molecule has 0 fully saturated rings. The first-order valence-corrected chi connectivity index (χ1v) is 3.29. The third kappa shape index (κ3) is 2.12. The average molecular weight is 165 g/mol. The highest BCUT2D eigenvalue weighted by Crippen LogP contribution is 1.93. The summed E-state index contributed by atoms with van der Waals surface area (Å²) in [4.78, 5) is 28.0. The zero-order valence-corrected chi connectivity index (χ0v) is 6.44. The first-order chi connectivity index (χ1) is 5.72. The Balaban J connectivity index is 2.58. The van der Waals surface area contributed by atoms with E-state index >= 15 is 0 Å². The van der Waals surface area contributed by atoms with Crippen molar-refractivity contribution < 1.29 is 9.59 Å². The molecule has 0 atom stereocenters. The van der Waals surface area contributed by atoms with Gasteiger partial charge in [-0.3, -0.25) is 4.79 Å². The van der Waals surface area contributed by atoms with Gasteiger partial charge in [0.05, 0.1) is 11.9 Å². The van der Waals surface area contributed by atoms with Crippen LogP contribution in [0.4, 0.5) is 4.79 Å². The molecule has 1 rings (SSSR count). The first kappa shape index (κ1) is 8.32.